The van der Waals surface area contributed by atoms with Gasteiger partial charge in [-0.3, -0.25) is 4.79 Å². The van der Waals surface area contributed by atoms with Gasteiger partial charge in [-0.25, -0.2) is 0 Å². The van der Waals surface area contributed by atoms with Crippen LogP contribution in [0.1, 0.15) is 30.1 Å². The fraction of sp³-hybridized carbons (Fsp3) is 0.462. The minimum absolute atomic E-state index is 0.0832. The number of halogens is 1. The molecule has 4 nitrogen and oxygen atoms in total. The average molecular weight is 314 g/mol. The summed E-state index contributed by atoms with van der Waals surface area (Å²) < 4.78 is 11.6. The van der Waals surface area contributed by atoms with E-state index in [-0.39, 0.29) is 12.6 Å². The molecule has 0 aliphatic heterocycles. The zero-order valence-electron chi connectivity index (χ0n) is 10.2. The molecule has 1 aromatic carbocycles. The lowest BCUT2D eigenvalue weighted by molar-refractivity contribution is 0.0100. The maximum Gasteiger partial charge on any atom is 0.189 e. The molecule has 98 valence electrons. The first-order valence-corrected chi connectivity index (χ1v) is 6.67. The Morgan fingerprint density at radius 2 is 2.22 bits per heavy atom. The quantitative estimate of drug-likeness (QED) is 0.379. The molecule has 1 aliphatic carbocycles. The van der Waals surface area contributed by atoms with Crippen LogP contribution >= 0.6 is 15.9 Å². The highest BCUT2D eigenvalue weighted by Crippen LogP contribution is 2.32. The Kier molecular flexibility index (Phi) is 4.24. The number of hydrogen-bond acceptors (Lipinski definition) is 4. The molecule has 0 unspecified atom stereocenters. The second-order valence-corrected chi connectivity index (χ2v) is 5.42. The van der Waals surface area contributed by atoms with Crippen molar-refractivity contribution in [1.82, 2.24) is 0 Å². The molecule has 1 aliphatic rings. The molecule has 0 aromatic heterocycles. The summed E-state index contributed by atoms with van der Waals surface area (Å²) in [4.78, 5) is 11.5. The largest absolute Gasteiger partial charge is 0.465 e. The zero-order chi connectivity index (χ0) is 13.1. The van der Waals surface area contributed by atoms with Crippen LogP contribution in [0, 0.1) is 5.92 Å². The van der Waals surface area contributed by atoms with Crippen molar-refractivity contribution in [2.45, 2.75) is 19.8 Å². The van der Waals surface area contributed by atoms with E-state index in [1.165, 1.54) is 19.8 Å². The Morgan fingerprint density at radius 3 is 2.83 bits per heavy atom. The Morgan fingerprint density at radius 1 is 1.50 bits per heavy atom. The van der Waals surface area contributed by atoms with Crippen molar-refractivity contribution >= 4 is 27.4 Å². The normalized spacial score (nSPS) is 14.6. The minimum atomic E-state index is -0.0832. The van der Waals surface area contributed by atoms with Crippen LogP contribution in [0.15, 0.2) is 16.6 Å². The molecule has 1 saturated carbocycles. The molecule has 0 radical (unpaired) electrons. The monoisotopic (exact) mass is 313 g/mol. The van der Waals surface area contributed by atoms with Crippen molar-refractivity contribution in [3.63, 3.8) is 0 Å². The van der Waals surface area contributed by atoms with Gasteiger partial charge in [-0.2, -0.15) is 0 Å². The minimum Gasteiger partial charge on any atom is -0.465 e. The maximum absolute atomic E-state index is 11.5. The third-order valence-corrected chi connectivity index (χ3v) is 3.26. The van der Waals surface area contributed by atoms with Crippen molar-refractivity contribution in [3.05, 3.63) is 22.2 Å². The molecule has 1 aromatic rings. The molecule has 0 heterocycles. The number of hydrogen-bond donors (Lipinski definition) is 1. The molecule has 2 rings (SSSR count). The number of rotatable bonds is 6. The fourth-order valence-corrected chi connectivity index (χ4v) is 2.11. The topological polar surface area (TPSA) is 61.6 Å². The molecular formula is C13H16BrNO3. The zero-order valence-corrected chi connectivity index (χ0v) is 11.8. The summed E-state index contributed by atoms with van der Waals surface area (Å²) in [5, 5.41) is 0. The van der Waals surface area contributed by atoms with Gasteiger partial charge in [0.2, 0.25) is 0 Å². The lowest BCUT2D eigenvalue weighted by atomic mass is 10.1. The molecule has 0 amide bonds. The van der Waals surface area contributed by atoms with E-state index in [0.717, 1.165) is 4.47 Å². The van der Waals surface area contributed by atoms with Crippen LogP contribution in [0.5, 0.6) is 5.75 Å². The molecular weight excluding hydrogens is 298 g/mol. The summed E-state index contributed by atoms with van der Waals surface area (Å²) in [5.41, 5.74) is 6.76. The number of carbonyl (C=O) groups is 1. The Balaban J connectivity index is 2.02. The first-order valence-electron chi connectivity index (χ1n) is 5.88. The van der Waals surface area contributed by atoms with Crippen molar-refractivity contribution in [1.29, 1.82) is 0 Å². The fourth-order valence-electron chi connectivity index (χ4n) is 1.64. The second kappa shape index (κ2) is 5.71. The summed E-state index contributed by atoms with van der Waals surface area (Å²) in [7, 11) is 0. The van der Waals surface area contributed by atoms with Crippen LogP contribution in [0.4, 0.5) is 5.69 Å². The molecule has 18 heavy (non-hydrogen) atoms. The number of ether oxygens (including phenoxy) is 2. The van der Waals surface area contributed by atoms with Crippen molar-refractivity contribution in [2.75, 3.05) is 19.1 Å². The lowest BCUT2D eigenvalue weighted by Gasteiger charge is -2.13. The van der Waals surface area contributed by atoms with E-state index >= 15 is 0 Å². The molecule has 0 bridgehead atoms. The van der Waals surface area contributed by atoms with Gasteiger partial charge in [-0.1, -0.05) is 15.9 Å². The Labute approximate surface area is 115 Å². The standard InChI is InChI=1S/C13H16BrNO3/c1-8(16)11-4-10(14)5-12(15)13(11)18-7-17-6-9-2-3-9/h4-5,9H,2-3,6-7,15H2,1H3. The highest BCUT2D eigenvalue weighted by molar-refractivity contribution is 9.10. The smallest absolute Gasteiger partial charge is 0.189 e. The third kappa shape index (κ3) is 3.46. The van der Waals surface area contributed by atoms with Crippen LogP contribution < -0.4 is 10.5 Å². The summed E-state index contributed by atoms with van der Waals surface area (Å²) >= 11 is 3.31. The van der Waals surface area contributed by atoms with Gasteiger partial charge in [0.05, 0.1) is 17.9 Å². The number of nitrogen functional groups attached to an aromatic ring is 1. The van der Waals surface area contributed by atoms with Crippen LogP contribution in [0.2, 0.25) is 0 Å². The van der Waals surface area contributed by atoms with Gasteiger partial charge < -0.3 is 15.2 Å². The predicted octanol–water partition coefficient (Wildman–Crippen LogP) is 3.00. The van der Waals surface area contributed by atoms with Crippen LogP contribution in [0.25, 0.3) is 0 Å². The number of ketones is 1. The van der Waals surface area contributed by atoms with E-state index in [9.17, 15) is 4.79 Å². The van der Waals surface area contributed by atoms with E-state index in [1.54, 1.807) is 12.1 Å². The summed E-state index contributed by atoms with van der Waals surface area (Å²) in [6, 6.07) is 3.41. The molecule has 2 N–H and O–H groups in total. The van der Waals surface area contributed by atoms with Crippen molar-refractivity contribution in [3.8, 4) is 5.75 Å². The van der Waals surface area contributed by atoms with E-state index in [4.69, 9.17) is 15.2 Å². The number of Topliss-reactive ketones (excluding diaryl/α,β-unsaturated/α-hetero) is 1. The van der Waals surface area contributed by atoms with Gasteiger partial charge in [0.1, 0.15) is 0 Å². The molecule has 1 fully saturated rings. The van der Waals surface area contributed by atoms with Gasteiger partial charge in [0.25, 0.3) is 0 Å². The number of benzene rings is 1. The van der Waals surface area contributed by atoms with Crippen LogP contribution in [-0.2, 0) is 4.74 Å². The number of carbonyl (C=O) groups excluding carboxylic acids is 1. The van der Waals surface area contributed by atoms with Gasteiger partial charge in [0.15, 0.2) is 18.3 Å². The van der Waals surface area contributed by atoms with Gasteiger partial charge in [-0.15, -0.1) is 0 Å². The lowest BCUT2D eigenvalue weighted by Crippen LogP contribution is -2.09. The van der Waals surface area contributed by atoms with E-state index in [1.807, 2.05) is 0 Å². The van der Waals surface area contributed by atoms with Gasteiger partial charge in [0, 0.05) is 4.47 Å². The third-order valence-electron chi connectivity index (χ3n) is 2.80. The summed E-state index contributed by atoms with van der Waals surface area (Å²) in [5.74, 6) is 1.00. The van der Waals surface area contributed by atoms with E-state index < -0.39 is 0 Å². The molecule has 0 spiro atoms. The Hall–Kier alpha value is -1.07. The molecule has 5 heteroatoms. The maximum atomic E-state index is 11.5. The highest BCUT2D eigenvalue weighted by Gasteiger charge is 2.21. The van der Waals surface area contributed by atoms with Crippen molar-refractivity contribution < 1.29 is 14.3 Å². The average Bonchev–Trinajstić information content (AvgIpc) is 3.09. The second-order valence-electron chi connectivity index (χ2n) is 4.50. The SMILES string of the molecule is CC(=O)c1cc(Br)cc(N)c1OCOCC1CC1. The number of nitrogens with two attached hydrogens (primary N) is 1. The number of anilines is 1. The first-order chi connectivity index (χ1) is 8.58. The molecule has 0 saturated heterocycles. The predicted molar refractivity (Wildman–Crippen MR) is 72.7 cm³/mol. The van der Waals surface area contributed by atoms with E-state index in [2.05, 4.69) is 15.9 Å². The first kappa shape index (κ1) is 13.4. The van der Waals surface area contributed by atoms with Crippen LogP contribution in [-0.4, -0.2) is 19.2 Å². The van der Waals surface area contributed by atoms with Gasteiger partial charge in [-0.05, 0) is 37.8 Å². The summed E-state index contributed by atoms with van der Waals surface area (Å²) in [6.45, 7) is 2.33. The molecule has 0 atom stereocenters. The highest BCUT2D eigenvalue weighted by atomic mass is 79.9. The van der Waals surface area contributed by atoms with Gasteiger partial charge >= 0.3 is 0 Å². The van der Waals surface area contributed by atoms with Crippen molar-refractivity contribution in [2.24, 2.45) is 5.92 Å². The van der Waals surface area contributed by atoms with Crippen LogP contribution in [0.3, 0.4) is 0 Å². The van der Waals surface area contributed by atoms with E-state index in [0.29, 0.717) is 29.5 Å². The Bertz CT molecular complexity index is 458. The summed E-state index contributed by atoms with van der Waals surface area (Å²) in [6.07, 6.45) is 2.47.